The smallest absolute Gasteiger partial charge is 0.338 e. The molecule has 11 heteroatoms. The second-order valence-electron chi connectivity index (χ2n) is 12.5. The molecule has 3 fully saturated rings. The van der Waals surface area contributed by atoms with Crippen molar-refractivity contribution in [2.24, 2.45) is 11.8 Å². The van der Waals surface area contributed by atoms with E-state index < -0.39 is 17.6 Å². The third kappa shape index (κ3) is 4.73. The molecule has 2 saturated heterocycles. The van der Waals surface area contributed by atoms with Gasteiger partial charge in [-0.15, -0.1) is 0 Å². The lowest BCUT2D eigenvalue weighted by Crippen LogP contribution is -2.33. The Kier molecular flexibility index (Phi) is 6.74. The van der Waals surface area contributed by atoms with E-state index in [1.807, 2.05) is 18.2 Å². The lowest BCUT2D eigenvalue weighted by molar-refractivity contribution is -0.0710. The molecule has 45 heavy (non-hydrogen) atoms. The predicted molar refractivity (Wildman–Crippen MR) is 163 cm³/mol. The van der Waals surface area contributed by atoms with Gasteiger partial charge in [0.1, 0.15) is 22.9 Å². The van der Waals surface area contributed by atoms with Crippen LogP contribution in [0.5, 0.6) is 17.2 Å². The first-order valence-corrected chi connectivity index (χ1v) is 15.6. The van der Waals surface area contributed by atoms with Gasteiger partial charge in [0.2, 0.25) is 0 Å². The van der Waals surface area contributed by atoms with Crippen LogP contribution >= 0.6 is 11.6 Å². The molecule has 3 unspecified atom stereocenters. The number of hydrogen-bond donors (Lipinski definition) is 0. The van der Waals surface area contributed by atoms with Gasteiger partial charge in [-0.25, -0.2) is 14.2 Å². The summed E-state index contributed by atoms with van der Waals surface area (Å²) in [7, 11) is 2.96. The first kappa shape index (κ1) is 28.6. The SMILES string of the molecule is COC(=O)c1cc(OC)c2nc(CN3CC4C(C3)C4c3cccc4c3OC(C)(c3ccc(Cl)cc3F)O4)n(C[C@@H]3CCO3)c2c1. The molecule has 1 saturated carbocycles. The Morgan fingerprint density at radius 3 is 2.62 bits per heavy atom. The molecule has 0 radical (unpaired) electrons. The molecule has 0 spiro atoms. The maximum Gasteiger partial charge on any atom is 0.338 e. The second kappa shape index (κ2) is 10.6. The molecule has 4 atom stereocenters. The van der Waals surface area contributed by atoms with E-state index in [-0.39, 0.29) is 6.10 Å². The lowest BCUT2D eigenvalue weighted by Gasteiger charge is -2.28. The molecule has 8 rings (SSSR count). The molecule has 0 N–H and O–H groups in total. The highest BCUT2D eigenvalue weighted by Gasteiger charge is 2.58. The minimum absolute atomic E-state index is 0.111. The molecular weight excluding hydrogens is 601 g/mol. The first-order chi connectivity index (χ1) is 21.8. The van der Waals surface area contributed by atoms with Crippen LogP contribution in [0.4, 0.5) is 4.39 Å². The minimum Gasteiger partial charge on any atom is -0.494 e. The number of fused-ring (bicyclic) bond motifs is 3. The summed E-state index contributed by atoms with van der Waals surface area (Å²) in [5.74, 6) is 1.87. The highest BCUT2D eigenvalue weighted by Crippen LogP contribution is 2.62. The van der Waals surface area contributed by atoms with Crippen LogP contribution in [0.1, 0.15) is 46.6 Å². The van der Waals surface area contributed by atoms with E-state index in [0.717, 1.165) is 48.5 Å². The number of piperidine rings is 1. The summed E-state index contributed by atoms with van der Waals surface area (Å²) in [4.78, 5) is 19.9. The monoisotopic (exact) mass is 633 g/mol. The standard InChI is InChI=1S/C34H33ClFN3O6/c1-34(24-8-7-19(35)13-25(24)36)44-27-6-4-5-21(32(27)45-34)30-22-15-38(16-23(22)30)17-29-37-31-26(39(29)14-20-9-10-43-20)11-18(33(40)42-3)12-28(31)41-2/h4-8,11-13,20,22-23,30H,9-10,14-17H2,1-3H3/t20-,22?,23?,30?,34?/m0/s1. The Morgan fingerprint density at radius 2 is 1.93 bits per heavy atom. The van der Waals surface area contributed by atoms with Crippen molar-refractivity contribution in [2.75, 3.05) is 33.9 Å². The fourth-order valence-corrected chi connectivity index (χ4v) is 7.53. The Labute approximate surface area is 264 Å². The molecule has 0 amide bonds. The predicted octanol–water partition coefficient (Wildman–Crippen LogP) is 5.90. The van der Waals surface area contributed by atoms with Crippen molar-refractivity contribution in [3.8, 4) is 17.2 Å². The maximum absolute atomic E-state index is 14.9. The molecule has 3 aliphatic heterocycles. The van der Waals surface area contributed by atoms with E-state index in [9.17, 15) is 9.18 Å². The van der Waals surface area contributed by atoms with E-state index in [1.165, 1.54) is 13.2 Å². The van der Waals surface area contributed by atoms with Gasteiger partial charge in [0.25, 0.3) is 5.79 Å². The Balaban J connectivity index is 1.02. The molecule has 4 aromatic rings. The van der Waals surface area contributed by atoms with Crippen LogP contribution in [0.3, 0.4) is 0 Å². The number of para-hydroxylation sites is 1. The molecular formula is C34H33ClFN3O6. The summed E-state index contributed by atoms with van der Waals surface area (Å²) in [6.07, 6.45) is 1.10. The van der Waals surface area contributed by atoms with Crippen molar-refractivity contribution in [3.63, 3.8) is 0 Å². The number of halogens is 2. The van der Waals surface area contributed by atoms with Crippen molar-refractivity contribution in [1.29, 1.82) is 0 Å². The fraction of sp³-hybridized carbons (Fsp3) is 0.412. The highest BCUT2D eigenvalue weighted by atomic mass is 35.5. The van der Waals surface area contributed by atoms with Gasteiger partial charge >= 0.3 is 5.97 Å². The van der Waals surface area contributed by atoms with Gasteiger partial charge in [-0.3, -0.25) is 4.90 Å². The normalized spacial score (nSPS) is 26.5. The third-order valence-corrected chi connectivity index (χ3v) is 9.98. The molecule has 234 valence electrons. The van der Waals surface area contributed by atoms with Crippen molar-refractivity contribution in [2.45, 2.75) is 44.2 Å². The van der Waals surface area contributed by atoms with Crippen molar-refractivity contribution in [1.82, 2.24) is 14.5 Å². The molecule has 1 aromatic heterocycles. The largest absolute Gasteiger partial charge is 0.494 e. The number of esters is 1. The van der Waals surface area contributed by atoms with Gasteiger partial charge in [-0.2, -0.15) is 0 Å². The summed E-state index contributed by atoms with van der Waals surface area (Å²) in [6.45, 7) is 5.64. The summed E-state index contributed by atoms with van der Waals surface area (Å²) < 4.78 is 46.0. The Hall–Kier alpha value is -3.86. The van der Waals surface area contributed by atoms with E-state index >= 15 is 0 Å². The minimum atomic E-state index is -1.28. The number of benzene rings is 3. The fourth-order valence-electron chi connectivity index (χ4n) is 7.37. The average Bonchev–Trinajstić information content (AvgIpc) is 3.29. The number of carbonyl (C=O) groups excluding carboxylic acids is 1. The van der Waals surface area contributed by atoms with Crippen LogP contribution in [0.25, 0.3) is 11.0 Å². The maximum atomic E-state index is 14.9. The van der Waals surface area contributed by atoms with E-state index in [0.29, 0.717) is 64.2 Å². The van der Waals surface area contributed by atoms with Crippen LogP contribution in [0, 0.1) is 17.7 Å². The molecule has 1 aliphatic carbocycles. The number of imidazole rings is 1. The third-order valence-electron chi connectivity index (χ3n) is 9.74. The van der Waals surface area contributed by atoms with Crippen LogP contribution in [0.15, 0.2) is 48.5 Å². The summed E-state index contributed by atoms with van der Waals surface area (Å²) in [6, 6.07) is 14.0. The molecule has 0 bridgehead atoms. The number of nitrogens with zero attached hydrogens (tertiary/aromatic N) is 3. The van der Waals surface area contributed by atoms with Gasteiger partial charge in [0.05, 0.1) is 50.1 Å². The molecule has 4 aliphatic rings. The zero-order chi connectivity index (χ0) is 31.0. The van der Waals surface area contributed by atoms with Crippen molar-refractivity contribution in [3.05, 3.63) is 81.9 Å². The average molecular weight is 634 g/mol. The number of ether oxygens (including phenoxy) is 5. The van der Waals surface area contributed by atoms with Crippen molar-refractivity contribution < 1.29 is 32.9 Å². The Bertz CT molecular complexity index is 1830. The first-order valence-electron chi connectivity index (χ1n) is 15.2. The molecule has 3 aromatic carbocycles. The van der Waals surface area contributed by atoms with E-state index in [2.05, 4.69) is 15.5 Å². The zero-order valence-corrected chi connectivity index (χ0v) is 26.0. The quantitative estimate of drug-likeness (QED) is 0.222. The topological polar surface area (TPSA) is 84.3 Å². The van der Waals surface area contributed by atoms with Gasteiger partial charge in [0, 0.05) is 37.2 Å². The van der Waals surface area contributed by atoms with Crippen molar-refractivity contribution >= 4 is 28.6 Å². The van der Waals surface area contributed by atoms with Gasteiger partial charge in [-0.05, 0) is 60.6 Å². The Morgan fingerprint density at radius 1 is 1.13 bits per heavy atom. The summed E-state index contributed by atoms with van der Waals surface area (Å²) >= 11 is 5.99. The van der Waals surface area contributed by atoms with Crippen LogP contribution in [-0.2, 0) is 28.4 Å². The lowest BCUT2D eigenvalue weighted by atomic mass is 10.0. The number of hydrogen-bond acceptors (Lipinski definition) is 8. The number of rotatable bonds is 8. The van der Waals surface area contributed by atoms with Gasteiger partial charge in [0.15, 0.2) is 11.5 Å². The van der Waals surface area contributed by atoms with E-state index in [4.69, 9.17) is 40.3 Å². The zero-order valence-electron chi connectivity index (χ0n) is 25.2. The summed E-state index contributed by atoms with van der Waals surface area (Å²) in [5, 5.41) is 0.323. The molecule has 9 nitrogen and oxygen atoms in total. The molecule has 4 heterocycles. The van der Waals surface area contributed by atoms with E-state index in [1.54, 1.807) is 32.2 Å². The van der Waals surface area contributed by atoms with Gasteiger partial charge < -0.3 is 28.3 Å². The number of methoxy groups -OCH3 is 2. The second-order valence-corrected chi connectivity index (χ2v) is 12.9. The van der Waals surface area contributed by atoms with Crippen LogP contribution in [-0.4, -0.2) is 60.4 Å². The highest BCUT2D eigenvalue weighted by molar-refractivity contribution is 6.30. The van der Waals surface area contributed by atoms with Crippen LogP contribution in [0.2, 0.25) is 5.02 Å². The summed E-state index contributed by atoms with van der Waals surface area (Å²) in [5.41, 5.74) is 3.39. The number of likely N-dealkylation sites (tertiary alicyclic amines) is 1. The van der Waals surface area contributed by atoms with Crippen LogP contribution < -0.4 is 14.2 Å². The number of aromatic nitrogens is 2. The van der Waals surface area contributed by atoms with Gasteiger partial charge in [-0.1, -0.05) is 23.7 Å². The number of carbonyl (C=O) groups is 1.